The Morgan fingerprint density at radius 3 is 2.73 bits per heavy atom. The quantitative estimate of drug-likeness (QED) is 0.748. The van der Waals surface area contributed by atoms with Crippen LogP contribution < -0.4 is 5.32 Å². The number of hydrogen-bond acceptors (Lipinski definition) is 4. The van der Waals surface area contributed by atoms with E-state index in [1.54, 1.807) is 0 Å². The molecule has 1 N–H and O–H groups in total. The summed E-state index contributed by atoms with van der Waals surface area (Å²) in [6.45, 7) is 6.54. The minimum absolute atomic E-state index is 0.517. The molecule has 0 saturated carbocycles. The number of nitrogens with zero attached hydrogens (tertiary/aromatic N) is 4. The molecule has 3 aromatic heterocycles. The van der Waals surface area contributed by atoms with Gasteiger partial charge < -0.3 is 9.72 Å². The van der Waals surface area contributed by atoms with Crippen LogP contribution in [0.4, 0.5) is 5.82 Å². The smallest absolute Gasteiger partial charge is 0.138 e. The molecule has 22 heavy (non-hydrogen) atoms. The summed E-state index contributed by atoms with van der Waals surface area (Å²) in [5.74, 6) is 1.45. The summed E-state index contributed by atoms with van der Waals surface area (Å²) in [4.78, 5) is 13.3. The van der Waals surface area contributed by atoms with Gasteiger partial charge >= 0.3 is 0 Å². The highest BCUT2D eigenvalue weighted by Gasteiger charge is 2.10. The van der Waals surface area contributed by atoms with E-state index in [-0.39, 0.29) is 0 Å². The Hall–Kier alpha value is -2.14. The van der Waals surface area contributed by atoms with Gasteiger partial charge in [0.2, 0.25) is 0 Å². The number of fused-ring (bicyclic) bond motifs is 1. The fraction of sp³-hybridized carbons (Fsp3) is 0.312. The van der Waals surface area contributed by atoms with Crippen LogP contribution in [0, 0.1) is 13.8 Å². The Morgan fingerprint density at radius 1 is 1.18 bits per heavy atom. The predicted octanol–water partition coefficient (Wildman–Crippen LogP) is 3.57. The maximum absolute atomic E-state index is 6.19. The lowest BCUT2D eigenvalue weighted by Gasteiger charge is -2.10. The molecule has 0 aromatic carbocycles. The number of pyridine rings is 1. The highest BCUT2D eigenvalue weighted by atomic mass is 35.5. The van der Waals surface area contributed by atoms with Crippen molar-refractivity contribution in [3.05, 3.63) is 52.3 Å². The van der Waals surface area contributed by atoms with Gasteiger partial charge in [-0.1, -0.05) is 24.6 Å². The molecule has 0 unspecified atom stereocenters. The summed E-state index contributed by atoms with van der Waals surface area (Å²) < 4.78 is 2.08. The van der Waals surface area contributed by atoms with E-state index in [4.69, 9.17) is 11.6 Å². The SMILES string of the molecule is CCc1c(Cl)nc(C)nc1NCc1cn2c(C)cccc2n1. The van der Waals surface area contributed by atoms with Crippen LogP contribution in [0.5, 0.6) is 0 Å². The molecule has 3 rings (SSSR count). The molecule has 3 aromatic rings. The lowest BCUT2D eigenvalue weighted by molar-refractivity contribution is 0.961. The standard InChI is InChI=1S/C16H18ClN5/c1-4-13-15(17)19-11(3)20-16(13)18-8-12-9-22-10(2)6-5-7-14(22)21-12/h5-7,9H,4,8H2,1-3H3,(H,18,19,20). The van der Waals surface area contributed by atoms with Crippen LogP contribution in [-0.2, 0) is 13.0 Å². The number of hydrogen-bond donors (Lipinski definition) is 1. The first kappa shape index (κ1) is 14.8. The molecule has 0 amide bonds. The predicted molar refractivity (Wildman–Crippen MR) is 88.4 cm³/mol. The first-order valence-electron chi connectivity index (χ1n) is 7.29. The van der Waals surface area contributed by atoms with Crippen LogP contribution in [0.25, 0.3) is 5.65 Å². The number of aryl methyl sites for hydroxylation is 2. The molecule has 0 aliphatic carbocycles. The Morgan fingerprint density at radius 2 is 2.00 bits per heavy atom. The number of imidazole rings is 1. The van der Waals surface area contributed by atoms with Crippen molar-refractivity contribution in [1.82, 2.24) is 19.4 Å². The van der Waals surface area contributed by atoms with Crippen molar-refractivity contribution < 1.29 is 0 Å². The van der Waals surface area contributed by atoms with Crippen LogP contribution >= 0.6 is 11.6 Å². The van der Waals surface area contributed by atoms with Crippen LogP contribution in [-0.4, -0.2) is 19.4 Å². The fourth-order valence-electron chi connectivity index (χ4n) is 2.48. The Kier molecular flexibility index (Phi) is 3.98. The molecule has 0 radical (unpaired) electrons. The van der Waals surface area contributed by atoms with Gasteiger partial charge in [-0.2, -0.15) is 0 Å². The van der Waals surface area contributed by atoms with Crippen molar-refractivity contribution in [2.75, 3.05) is 5.32 Å². The Bertz CT molecular complexity index is 825. The largest absolute Gasteiger partial charge is 0.364 e. The molecule has 0 atom stereocenters. The third kappa shape index (κ3) is 2.76. The maximum Gasteiger partial charge on any atom is 0.138 e. The lowest BCUT2D eigenvalue weighted by atomic mass is 10.2. The van der Waals surface area contributed by atoms with E-state index in [2.05, 4.69) is 37.7 Å². The van der Waals surface area contributed by atoms with Gasteiger partial charge in [0.25, 0.3) is 0 Å². The average Bonchev–Trinajstić information content (AvgIpc) is 2.89. The zero-order valence-electron chi connectivity index (χ0n) is 12.9. The number of aromatic nitrogens is 4. The third-order valence-corrected chi connectivity index (χ3v) is 3.92. The van der Waals surface area contributed by atoms with E-state index in [1.807, 2.05) is 32.2 Å². The average molecular weight is 316 g/mol. The van der Waals surface area contributed by atoms with Gasteiger partial charge in [-0.05, 0) is 32.4 Å². The molecule has 0 bridgehead atoms. The van der Waals surface area contributed by atoms with Gasteiger partial charge in [0.15, 0.2) is 0 Å². The molecule has 0 spiro atoms. The van der Waals surface area contributed by atoms with Gasteiger partial charge in [-0.25, -0.2) is 15.0 Å². The van der Waals surface area contributed by atoms with Crippen molar-refractivity contribution in [2.24, 2.45) is 0 Å². The highest BCUT2D eigenvalue weighted by molar-refractivity contribution is 6.30. The highest BCUT2D eigenvalue weighted by Crippen LogP contribution is 2.22. The summed E-state index contributed by atoms with van der Waals surface area (Å²) in [6.07, 6.45) is 2.82. The molecule has 114 valence electrons. The summed E-state index contributed by atoms with van der Waals surface area (Å²) >= 11 is 6.19. The molecular weight excluding hydrogens is 298 g/mol. The first-order valence-corrected chi connectivity index (χ1v) is 7.66. The number of halogens is 1. The Labute approximate surface area is 134 Å². The Balaban J connectivity index is 1.86. The van der Waals surface area contributed by atoms with Crippen LogP contribution in [0.1, 0.15) is 29.7 Å². The monoisotopic (exact) mass is 315 g/mol. The number of rotatable bonds is 4. The zero-order valence-corrected chi connectivity index (χ0v) is 13.6. The van der Waals surface area contributed by atoms with Crippen LogP contribution in [0.2, 0.25) is 5.15 Å². The normalized spacial score (nSPS) is 11.1. The second-order valence-corrected chi connectivity index (χ2v) is 5.58. The van der Waals surface area contributed by atoms with Gasteiger partial charge in [-0.3, -0.25) is 0 Å². The minimum atomic E-state index is 0.517. The molecule has 0 aliphatic rings. The lowest BCUT2D eigenvalue weighted by Crippen LogP contribution is -2.07. The molecule has 0 saturated heterocycles. The van der Waals surface area contributed by atoms with E-state index >= 15 is 0 Å². The molecular formula is C16H18ClN5. The van der Waals surface area contributed by atoms with E-state index < -0.39 is 0 Å². The summed E-state index contributed by atoms with van der Waals surface area (Å²) in [6, 6.07) is 6.08. The van der Waals surface area contributed by atoms with Gasteiger partial charge in [-0.15, -0.1) is 0 Å². The van der Waals surface area contributed by atoms with Gasteiger partial charge in [0.1, 0.15) is 22.4 Å². The van der Waals surface area contributed by atoms with E-state index in [9.17, 15) is 0 Å². The molecule has 0 aliphatic heterocycles. The minimum Gasteiger partial charge on any atom is -0.364 e. The molecule has 6 heteroatoms. The topological polar surface area (TPSA) is 55.1 Å². The molecule has 5 nitrogen and oxygen atoms in total. The van der Waals surface area contributed by atoms with Crippen LogP contribution in [0.15, 0.2) is 24.4 Å². The second kappa shape index (κ2) is 5.93. The van der Waals surface area contributed by atoms with E-state index in [0.29, 0.717) is 17.5 Å². The first-order chi connectivity index (χ1) is 10.6. The summed E-state index contributed by atoms with van der Waals surface area (Å²) in [5.41, 5.74) is 4.01. The maximum atomic E-state index is 6.19. The zero-order chi connectivity index (χ0) is 15.7. The second-order valence-electron chi connectivity index (χ2n) is 5.22. The van der Waals surface area contributed by atoms with Crippen molar-refractivity contribution in [2.45, 2.75) is 33.7 Å². The van der Waals surface area contributed by atoms with Gasteiger partial charge in [0.05, 0.1) is 12.2 Å². The summed E-state index contributed by atoms with van der Waals surface area (Å²) in [5, 5.41) is 3.85. The van der Waals surface area contributed by atoms with E-state index in [0.717, 1.165) is 34.8 Å². The number of nitrogens with one attached hydrogen (secondary N) is 1. The van der Waals surface area contributed by atoms with Crippen LogP contribution in [0.3, 0.4) is 0 Å². The van der Waals surface area contributed by atoms with Crippen molar-refractivity contribution in [3.63, 3.8) is 0 Å². The van der Waals surface area contributed by atoms with Crippen molar-refractivity contribution >= 4 is 23.1 Å². The summed E-state index contributed by atoms with van der Waals surface area (Å²) in [7, 11) is 0. The van der Waals surface area contributed by atoms with Crippen molar-refractivity contribution in [3.8, 4) is 0 Å². The van der Waals surface area contributed by atoms with Crippen molar-refractivity contribution in [1.29, 1.82) is 0 Å². The van der Waals surface area contributed by atoms with Gasteiger partial charge in [0, 0.05) is 17.5 Å². The molecule has 0 fully saturated rings. The third-order valence-electron chi connectivity index (χ3n) is 3.60. The fourth-order valence-corrected chi connectivity index (χ4v) is 2.82. The number of anilines is 1. The van der Waals surface area contributed by atoms with E-state index in [1.165, 1.54) is 0 Å². The molecule has 3 heterocycles.